The first-order valence-electron chi connectivity index (χ1n) is 8.81. The van der Waals surface area contributed by atoms with Crippen molar-refractivity contribution >= 4 is 16.9 Å². The van der Waals surface area contributed by atoms with Crippen molar-refractivity contribution in [1.29, 1.82) is 0 Å². The number of carboxylic acid groups (broad SMARTS) is 1. The van der Waals surface area contributed by atoms with Crippen molar-refractivity contribution < 1.29 is 23.1 Å². The average Bonchev–Trinajstić information content (AvgIpc) is 2.85. The molecule has 3 rings (SSSR count). The fourth-order valence-electron chi connectivity index (χ4n) is 4.24. The number of carbonyl (C=O) groups is 1. The minimum atomic E-state index is -4.16. The van der Waals surface area contributed by atoms with Crippen molar-refractivity contribution in [3.05, 3.63) is 35.5 Å². The van der Waals surface area contributed by atoms with E-state index in [0.717, 1.165) is 5.52 Å². The molecular weight excluding hydrogens is 345 g/mol. The molecule has 2 aromatic rings. The Labute approximate surface area is 150 Å². The van der Waals surface area contributed by atoms with Crippen molar-refractivity contribution in [3.8, 4) is 0 Å². The number of aromatic carboxylic acids is 1. The summed E-state index contributed by atoms with van der Waals surface area (Å²) in [6, 6.07) is 7.44. The van der Waals surface area contributed by atoms with E-state index in [0.29, 0.717) is 42.6 Å². The minimum Gasteiger partial charge on any atom is -0.478 e. The van der Waals surface area contributed by atoms with Crippen LogP contribution in [0.3, 0.4) is 0 Å². The highest BCUT2D eigenvalue weighted by Gasteiger charge is 2.34. The zero-order valence-corrected chi connectivity index (χ0v) is 14.9. The van der Waals surface area contributed by atoms with Crippen molar-refractivity contribution in [2.45, 2.75) is 38.9 Å². The molecule has 26 heavy (non-hydrogen) atoms. The van der Waals surface area contributed by atoms with Crippen LogP contribution in [0.15, 0.2) is 24.3 Å². The van der Waals surface area contributed by atoms with Gasteiger partial charge >= 0.3 is 12.1 Å². The Bertz CT molecular complexity index is 805. The average molecular weight is 368 g/mol. The first-order valence-corrected chi connectivity index (χ1v) is 8.81. The molecule has 1 saturated heterocycles. The number of likely N-dealkylation sites (tertiary alicyclic amines) is 1. The Morgan fingerprint density at radius 2 is 1.88 bits per heavy atom. The molecule has 0 aliphatic carbocycles. The molecule has 7 heteroatoms. The molecule has 1 atom stereocenters. The maximum absolute atomic E-state index is 12.6. The largest absolute Gasteiger partial charge is 0.478 e. The molecule has 1 fully saturated rings. The number of hydrogen-bond donors (Lipinski definition) is 1. The molecular formula is C19H23F3N2O2. The van der Waals surface area contributed by atoms with E-state index in [1.807, 2.05) is 29.7 Å². The van der Waals surface area contributed by atoms with E-state index in [-0.39, 0.29) is 12.0 Å². The fourth-order valence-corrected chi connectivity index (χ4v) is 4.24. The quantitative estimate of drug-likeness (QED) is 0.865. The summed E-state index contributed by atoms with van der Waals surface area (Å²) in [4.78, 5) is 13.1. The van der Waals surface area contributed by atoms with Gasteiger partial charge in [0.05, 0.1) is 12.1 Å². The summed E-state index contributed by atoms with van der Waals surface area (Å²) in [6.45, 7) is 3.81. The number of benzene rings is 1. The Balaban J connectivity index is 1.84. The zero-order chi connectivity index (χ0) is 19.1. The highest BCUT2D eigenvalue weighted by molar-refractivity contribution is 6.05. The first kappa shape index (κ1) is 18.8. The van der Waals surface area contributed by atoms with Gasteiger partial charge < -0.3 is 9.67 Å². The van der Waals surface area contributed by atoms with Crippen LogP contribution in [0.1, 0.15) is 41.9 Å². The summed E-state index contributed by atoms with van der Waals surface area (Å²) in [6.07, 6.45) is -2.82. The van der Waals surface area contributed by atoms with Crippen LogP contribution in [0, 0.1) is 12.8 Å². The molecule has 2 heterocycles. The molecule has 1 unspecified atom stereocenters. The summed E-state index contributed by atoms with van der Waals surface area (Å²) in [5, 5.41) is 10.3. The van der Waals surface area contributed by atoms with E-state index < -0.39 is 18.7 Å². The second-order valence-corrected chi connectivity index (χ2v) is 7.12. The third kappa shape index (κ3) is 3.58. The Kier molecular flexibility index (Phi) is 5.01. The number of fused-ring (bicyclic) bond motifs is 1. The van der Waals surface area contributed by atoms with Crippen molar-refractivity contribution in [2.75, 3.05) is 19.6 Å². The smallest absolute Gasteiger partial charge is 0.401 e. The third-order valence-electron chi connectivity index (χ3n) is 5.49. The molecule has 0 saturated carbocycles. The van der Waals surface area contributed by atoms with E-state index in [2.05, 4.69) is 0 Å². The van der Waals surface area contributed by atoms with Crippen LogP contribution in [-0.2, 0) is 0 Å². The number of para-hydroxylation sites is 1. The summed E-state index contributed by atoms with van der Waals surface area (Å²) in [5.41, 5.74) is 1.87. The molecule has 1 aromatic heterocycles. The lowest BCUT2D eigenvalue weighted by Crippen LogP contribution is -2.41. The molecule has 0 radical (unpaired) electrons. The minimum absolute atomic E-state index is 0.0287. The summed E-state index contributed by atoms with van der Waals surface area (Å²) in [7, 11) is 0. The third-order valence-corrected chi connectivity index (χ3v) is 5.49. The van der Waals surface area contributed by atoms with Gasteiger partial charge in [0.15, 0.2) is 0 Å². The first-order chi connectivity index (χ1) is 12.2. The number of nitrogens with zero attached hydrogens (tertiary/aromatic N) is 2. The lowest BCUT2D eigenvalue weighted by molar-refractivity contribution is -0.149. The van der Waals surface area contributed by atoms with Gasteiger partial charge in [-0.1, -0.05) is 18.2 Å². The highest BCUT2D eigenvalue weighted by atomic mass is 19.4. The van der Waals surface area contributed by atoms with Crippen LogP contribution >= 0.6 is 0 Å². The van der Waals surface area contributed by atoms with Gasteiger partial charge in [0.25, 0.3) is 0 Å². The highest BCUT2D eigenvalue weighted by Crippen LogP contribution is 2.36. The second-order valence-electron chi connectivity index (χ2n) is 7.12. The van der Waals surface area contributed by atoms with Gasteiger partial charge in [0, 0.05) is 22.6 Å². The van der Waals surface area contributed by atoms with E-state index in [1.54, 1.807) is 13.0 Å². The van der Waals surface area contributed by atoms with Crippen LogP contribution in [0.2, 0.25) is 0 Å². The van der Waals surface area contributed by atoms with Crippen LogP contribution in [0.4, 0.5) is 13.2 Å². The molecule has 142 valence electrons. The lowest BCUT2D eigenvalue weighted by Gasteiger charge is -2.36. The van der Waals surface area contributed by atoms with E-state index in [9.17, 15) is 23.1 Å². The monoisotopic (exact) mass is 368 g/mol. The predicted molar refractivity (Wildman–Crippen MR) is 93.6 cm³/mol. The SMILES string of the molecule is Cc1c(C(=O)O)c2ccccc2n1C(C)C1CCN(CC(F)(F)F)CC1. The molecule has 0 spiro atoms. The molecule has 0 bridgehead atoms. The standard InChI is InChI=1S/C19H23F3N2O2/c1-12(14-7-9-23(10-8-14)11-19(20,21)22)24-13(2)17(18(25)26)15-5-3-4-6-16(15)24/h3-6,12,14H,7-11H2,1-2H3,(H,25,26). The summed E-state index contributed by atoms with van der Waals surface area (Å²) in [5.74, 6) is -0.736. The van der Waals surface area contributed by atoms with Gasteiger partial charge in [-0.15, -0.1) is 0 Å². The Hall–Kier alpha value is -2.02. The maximum Gasteiger partial charge on any atom is 0.401 e. The number of rotatable bonds is 4. The Morgan fingerprint density at radius 3 is 2.46 bits per heavy atom. The topological polar surface area (TPSA) is 45.5 Å². The normalized spacial score (nSPS) is 18.3. The summed E-state index contributed by atoms with van der Waals surface area (Å²) >= 11 is 0. The maximum atomic E-state index is 12.6. The molecule has 4 nitrogen and oxygen atoms in total. The van der Waals surface area contributed by atoms with E-state index in [1.165, 1.54) is 4.90 Å². The second kappa shape index (κ2) is 6.95. The molecule has 1 aliphatic heterocycles. The van der Waals surface area contributed by atoms with Crippen molar-refractivity contribution in [3.63, 3.8) is 0 Å². The fraction of sp³-hybridized carbons (Fsp3) is 0.526. The number of piperidine rings is 1. The van der Waals surface area contributed by atoms with Gasteiger partial charge in [-0.05, 0) is 51.8 Å². The van der Waals surface area contributed by atoms with Gasteiger partial charge in [-0.3, -0.25) is 4.90 Å². The molecule has 1 aromatic carbocycles. The predicted octanol–water partition coefficient (Wildman–Crippen LogP) is 4.48. The summed E-state index contributed by atoms with van der Waals surface area (Å²) < 4.78 is 39.7. The number of alkyl halides is 3. The molecule has 0 amide bonds. The van der Waals surface area contributed by atoms with Crippen molar-refractivity contribution in [1.82, 2.24) is 9.47 Å². The van der Waals surface area contributed by atoms with Crippen LogP contribution in [0.25, 0.3) is 10.9 Å². The van der Waals surface area contributed by atoms with Gasteiger partial charge in [-0.25, -0.2) is 4.79 Å². The number of hydrogen-bond acceptors (Lipinski definition) is 2. The lowest BCUT2D eigenvalue weighted by atomic mass is 9.90. The number of aromatic nitrogens is 1. The van der Waals surface area contributed by atoms with Crippen molar-refractivity contribution in [2.24, 2.45) is 5.92 Å². The van der Waals surface area contributed by atoms with Gasteiger partial charge in [-0.2, -0.15) is 13.2 Å². The van der Waals surface area contributed by atoms with Crippen LogP contribution in [0.5, 0.6) is 0 Å². The van der Waals surface area contributed by atoms with E-state index >= 15 is 0 Å². The van der Waals surface area contributed by atoms with E-state index in [4.69, 9.17) is 0 Å². The number of carboxylic acids is 1. The zero-order valence-electron chi connectivity index (χ0n) is 14.9. The number of halogens is 3. The molecule has 1 N–H and O–H groups in total. The molecule has 1 aliphatic rings. The Morgan fingerprint density at radius 1 is 1.27 bits per heavy atom. The van der Waals surface area contributed by atoms with Crippen LogP contribution < -0.4 is 0 Å². The van der Waals surface area contributed by atoms with Crippen LogP contribution in [-0.4, -0.2) is 46.4 Å². The van der Waals surface area contributed by atoms with Gasteiger partial charge in [0.2, 0.25) is 0 Å². The van der Waals surface area contributed by atoms with Gasteiger partial charge in [0.1, 0.15) is 0 Å².